The molecule has 0 heterocycles. The molecule has 2 aromatic carbocycles. The average Bonchev–Trinajstić information content (AvgIpc) is 2.65. The van der Waals surface area contributed by atoms with Gasteiger partial charge in [0.1, 0.15) is 19.0 Å². The molecule has 3 N–H and O–H groups in total. The van der Waals surface area contributed by atoms with E-state index in [2.05, 4.69) is 5.32 Å². The van der Waals surface area contributed by atoms with Crippen LogP contribution < -0.4 is 15.2 Å². The Morgan fingerprint density at radius 1 is 1.04 bits per heavy atom. The van der Waals surface area contributed by atoms with Crippen LogP contribution in [0.2, 0.25) is 0 Å². The summed E-state index contributed by atoms with van der Waals surface area (Å²) in [5.74, 6) is -0.298. The van der Waals surface area contributed by atoms with Crippen LogP contribution >= 0.6 is 0 Å². The Morgan fingerprint density at radius 3 is 2.29 bits per heavy atom. The highest BCUT2D eigenvalue weighted by molar-refractivity contribution is 7.89. The van der Waals surface area contributed by atoms with E-state index >= 15 is 0 Å². The first-order chi connectivity index (χ1) is 13.3. The van der Waals surface area contributed by atoms with E-state index in [0.29, 0.717) is 11.3 Å². The lowest BCUT2D eigenvalue weighted by Crippen LogP contribution is -2.34. The van der Waals surface area contributed by atoms with Crippen molar-refractivity contribution in [2.24, 2.45) is 5.14 Å². The summed E-state index contributed by atoms with van der Waals surface area (Å²) in [5.41, 5.74) is 0.518. The maximum absolute atomic E-state index is 12.0. The normalized spacial score (nSPS) is 12.1. The van der Waals surface area contributed by atoms with Gasteiger partial charge in [0.2, 0.25) is 10.0 Å². The molecule has 0 aliphatic heterocycles. The molecular formula is C19H22N2O6S. The van der Waals surface area contributed by atoms with E-state index in [9.17, 15) is 18.0 Å². The van der Waals surface area contributed by atoms with Gasteiger partial charge in [-0.15, -0.1) is 0 Å². The van der Waals surface area contributed by atoms with Crippen molar-refractivity contribution >= 4 is 21.9 Å². The maximum Gasteiger partial charge on any atom is 0.307 e. The SMILES string of the molecule is CC(CC(=O)OCCOc1ccc(S(N)(=O)=O)cc1)NC(=O)c1ccccc1. The van der Waals surface area contributed by atoms with Gasteiger partial charge in [-0.3, -0.25) is 9.59 Å². The Kier molecular flexibility index (Phi) is 7.53. The average molecular weight is 406 g/mol. The first-order valence-electron chi connectivity index (χ1n) is 8.53. The number of sulfonamides is 1. The molecule has 0 saturated carbocycles. The molecule has 2 aromatic rings. The van der Waals surface area contributed by atoms with Crippen LogP contribution in [0, 0.1) is 0 Å². The number of primary sulfonamides is 1. The molecule has 0 radical (unpaired) electrons. The number of ether oxygens (including phenoxy) is 2. The zero-order valence-electron chi connectivity index (χ0n) is 15.3. The summed E-state index contributed by atoms with van der Waals surface area (Å²) in [5, 5.41) is 7.74. The molecule has 1 atom stereocenters. The number of rotatable bonds is 9. The molecule has 0 aliphatic rings. The highest BCUT2D eigenvalue weighted by Crippen LogP contribution is 2.14. The molecule has 0 spiro atoms. The molecule has 0 aromatic heterocycles. The smallest absolute Gasteiger partial charge is 0.307 e. The largest absolute Gasteiger partial charge is 0.490 e. The summed E-state index contributed by atoms with van der Waals surface area (Å²) < 4.78 is 32.8. The van der Waals surface area contributed by atoms with E-state index in [1.54, 1.807) is 31.2 Å². The summed E-state index contributed by atoms with van der Waals surface area (Å²) in [4.78, 5) is 23.8. The van der Waals surface area contributed by atoms with Crippen molar-refractivity contribution in [2.45, 2.75) is 24.3 Å². The van der Waals surface area contributed by atoms with E-state index in [1.807, 2.05) is 6.07 Å². The number of benzene rings is 2. The minimum Gasteiger partial charge on any atom is -0.490 e. The predicted octanol–water partition coefficient (Wildman–Crippen LogP) is 1.46. The summed E-state index contributed by atoms with van der Waals surface area (Å²) >= 11 is 0. The highest BCUT2D eigenvalue weighted by atomic mass is 32.2. The standard InChI is InChI=1S/C19H22N2O6S/c1-14(21-19(23)15-5-3-2-4-6-15)13-18(22)27-12-11-26-16-7-9-17(10-8-16)28(20,24)25/h2-10,14H,11-13H2,1H3,(H,21,23)(H2,20,24,25). The van der Waals surface area contributed by atoms with Crippen molar-refractivity contribution in [1.82, 2.24) is 5.32 Å². The molecule has 0 saturated heterocycles. The quantitative estimate of drug-likeness (QED) is 0.480. The fourth-order valence-corrected chi connectivity index (χ4v) is 2.81. The number of hydrogen-bond acceptors (Lipinski definition) is 6. The molecule has 9 heteroatoms. The van der Waals surface area contributed by atoms with Crippen molar-refractivity contribution in [2.75, 3.05) is 13.2 Å². The second kappa shape index (κ2) is 9.86. The van der Waals surface area contributed by atoms with E-state index in [0.717, 1.165) is 0 Å². The van der Waals surface area contributed by atoms with Crippen molar-refractivity contribution in [3.8, 4) is 5.75 Å². The highest BCUT2D eigenvalue weighted by Gasteiger charge is 2.14. The molecule has 0 fully saturated rings. The Morgan fingerprint density at radius 2 is 1.68 bits per heavy atom. The van der Waals surface area contributed by atoms with Gasteiger partial charge in [-0.05, 0) is 43.3 Å². The molecule has 150 valence electrons. The third-order valence-electron chi connectivity index (χ3n) is 3.65. The topological polar surface area (TPSA) is 125 Å². The lowest BCUT2D eigenvalue weighted by atomic mass is 10.2. The van der Waals surface area contributed by atoms with Crippen LogP contribution in [0.4, 0.5) is 0 Å². The third kappa shape index (κ3) is 7.01. The lowest BCUT2D eigenvalue weighted by molar-refractivity contribution is -0.144. The fourth-order valence-electron chi connectivity index (χ4n) is 2.30. The Labute approximate surface area is 163 Å². The summed E-state index contributed by atoms with van der Waals surface area (Å²) in [6.07, 6.45) is 0.0294. The van der Waals surface area contributed by atoms with E-state index < -0.39 is 16.0 Å². The van der Waals surface area contributed by atoms with Crippen LogP contribution in [0.15, 0.2) is 59.5 Å². The van der Waals surface area contributed by atoms with Crippen molar-refractivity contribution in [1.29, 1.82) is 0 Å². The van der Waals surface area contributed by atoms with Crippen molar-refractivity contribution in [3.63, 3.8) is 0 Å². The van der Waals surface area contributed by atoms with Gasteiger partial charge in [0.15, 0.2) is 0 Å². The van der Waals surface area contributed by atoms with Gasteiger partial charge < -0.3 is 14.8 Å². The Bertz CT molecular complexity index is 898. The molecule has 0 bridgehead atoms. The monoisotopic (exact) mass is 406 g/mol. The van der Waals surface area contributed by atoms with E-state index in [-0.39, 0.29) is 36.5 Å². The maximum atomic E-state index is 12.0. The van der Waals surface area contributed by atoms with Gasteiger partial charge in [-0.2, -0.15) is 0 Å². The Balaban J connectivity index is 1.67. The van der Waals surface area contributed by atoms with Gasteiger partial charge in [0.25, 0.3) is 5.91 Å². The van der Waals surface area contributed by atoms with Gasteiger partial charge in [-0.1, -0.05) is 18.2 Å². The van der Waals surface area contributed by atoms with Gasteiger partial charge in [-0.25, -0.2) is 13.6 Å². The number of amides is 1. The molecule has 2 rings (SSSR count). The number of esters is 1. The van der Waals surface area contributed by atoms with Gasteiger partial charge in [0, 0.05) is 11.6 Å². The van der Waals surface area contributed by atoms with Crippen LogP contribution in [0.1, 0.15) is 23.7 Å². The third-order valence-corrected chi connectivity index (χ3v) is 4.58. The first-order valence-corrected chi connectivity index (χ1v) is 10.1. The molecule has 0 aliphatic carbocycles. The molecular weight excluding hydrogens is 384 g/mol. The Hall–Kier alpha value is -2.91. The van der Waals surface area contributed by atoms with E-state index in [1.165, 1.54) is 24.3 Å². The molecule has 28 heavy (non-hydrogen) atoms. The number of hydrogen-bond donors (Lipinski definition) is 2. The van der Waals surface area contributed by atoms with Crippen molar-refractivity contribution in [3.05, 3.63) is 60.2 Å². The summed E-state index contributed by atoms with van der Waals surface area (Å²) in [6, 6.07) is 13.9. The van der Waals surface area contributed by atoms with Gasteiger partial charge >= 0.3 is 5.97 Å². The minimum atomic E-state index is -3.75. The van der Waals surface area contributed by atoms with E-state index in [4.69, 9.17) is 14.6 Å². The predicted molar refractivity (Wildman–Crippen MR) is 102 cm³/mol. The molecule has 1 amide bonds. The second-order valence-corrected chi connectivity index (χ2v) is 7.59. The number of nitrogens with one attached hydrogen (secondary N) is 1. The molecule has 8 nitrogen and oxygen atoms in total. The van der Waals surface area contributed by atoms with Crippen LogP contribution in [0.25, 0.3) is 0 Å². The second-order valence-electron chi connectivity index (χ2n) is 6.03. The van der Waals surface area contributed by atoms with Crippen LogP contribution in [0.5, 0.6) is 5.75 Å². The fraction of sp³-hybridized carbons (Fsp3) is 0.263. The summed E-state index contributed by atoms with van der Waals surface area (Å²) in [6.45, 7) is 1.84. The van der Waals surface area contributed by atoms with Crippen molar-refractivity contribution < 1.29 is 27.5 Å². The minimum absolute atomic E-state index is 0.0159. The zero-order chi connectivity index (χ0) is 20.6. The number of nitrogens with two attached hydrogens (primary N) is 1. The number of carbonyl (C=O) groups is 2. The zero-order valence-corrected chi connectivity index (χ0v) is 16.1. The summed E-state index contributed by atoms with van der Waals surface area (Å²) in [7, 11) is -3.75. The van der Waals surface area contributed by atoms with Crippen LogP contribution in [-0.4, -0.2) is 39.5 Å². The lowest BCUT2D eigenvalue weighted by Gasteiger charge is -2.13. The number of carbonyl (C=O) groups excluding carboxylic acids is 2. The van der Waals surface area contributed by atoms with Crippen LogP contribution in [-0.2, 0) is 19.6 Å². The molecule has 1 unspecified atom stereocenters. The van der Waals surface area contributed by atoms with Gasteiger partial charge in [0.05, 0.1) is 11.3 Å². The van der Waals surface area contributed by atoms with Crippen LogP contribution in [0.3, 0.4) is 0 Å². The first kappa shape index (κ1) is 21.4.